The molecule has 1 heterocycles. The van der Waals surface area contributed by atoms with Gasteiger partial charge in [0.1, 0.15) is 18.0 Å². The Hall–Kier alpha value is -4.49. The lowest BCUT2D eigenvalue weighted by atomic mass is 10.2. The van der Waals surface area contributed by atoms with E-state index in [2.05, 4.69) is 10.4 Å². The molecule has 0 radical (unpaired) electrons. The molecule has 0 saturated carbocycles. The lowest BCUT2D eigenvalue weighted by Crippen LogP contribution is -2.20. The van der Waals surface area contributed by atoms with Crippen molar-refractivity contribution in [2.45, 2.75) is 19.6 Å². The van der Waals surface area contributed by atoms with Gasteiger partial charge in [-0.2, -0.15) is 17.9 Å². The molecule has 0 bridgehead atoms. The zero-order chi connectivity index (χ0) is 24.3. The van der Waals surface area contributed by atoms with Gasteiger partial charge >= 0.3 is 12.0 Å². The number of non-ortho nitro benzene ring substituents is 1. The highest BCUT2D eigenvalue weighted by Gasteiger charge is 2.30. The summed E-state index contributed by atoms with van der Waals surface area (Å²) in [5.41, 5.74) is -1.19. The molecule has 0 unspecified atom stereocenters. The van der Waals surface area contributed by atoms with Gasteiger partial charge in [-0.25, -0.2) is 0 Å². The smallest absolute Gasteiger partial charge is 0.416 e. The van der Waals surface area contributed by atoms with E-state index >= 15 is 0 Å². The Morgan fingerprint density at radius 1 is 1.09 bits per heavy atom. The van der Waals surface area contributed by atoms with Crippen LogP contribution in [0, 0.1) is 27.2 Å². The van der Waals surface area contributed by atoms with Crippen molar-refractivity contribution in [1.29, 1.82) is 0 Å². The van der Waals surface area contributed by atoms with Gasteiger partial charge in [0.05, 0.1) is 39.1 Å². The number of rotatable bonds is 7. The summed E-state index contributed by atoms with van der Waals surface area (Å²) in [6, 6.07) is 8.28. The van der Waals surface area contributed by atoms with Crippen LogP contribution in [0.25, 0.3) is 0 Å². The van der Waals surface area contributed by atoms with Crippen molar-refractivity contribution in [1.82, 2.24) is 9.78 Å². The van der Waals surface area contributed by atoms with Crippen molar-refractivity contribution in [2.75, 3.05) is 5.32 Å². The zero-order valence-electron chi connectivity index (χ0n) is 16.7. The molecule has 0 fully saturated rings. The summed E-state index contributed by atoms with van der Waals surface area (Å²) < 4.78 is 45.1. The molecule has 0 aliphatic carbocycles. The maximum Gasteiger partial charge on any atom is 0.416 e. The van der Waals surface area contributed by atoms with Crippen LogP contribution in [0.3, 0.4) is 0 Å². The Kier molecular flexibility index (Phi) is 6.28. The van der Waals surface area contributed by atoms with Gasteiger partial charge in [0.2, 0.25) is 5.91 Å². The lowest BCUT2D eigenvalue weighted by Gasteiger charge is -2.11. The van der Waals surface area contributed by atoms with E-state index in [1.807, 2.05) is 0 Å². The first-order valence-corrected chi connectivity index (χ1v) is 9.05. The summed E-state index contributed by atoms with van der Waals surface area (Å²) in [5, 5.41) is 28.1. The van der Waals surface area contributed by atoms with Crippen LogP contribution in [-0.4, -0.2) is 25.5 Å². The average molecular weight is 465 g/mol. The number of nitrogens with zero attached hydrogens (tertiary/aromatic N) is 4. The van der Waals surface area contributed by atoms with Crippen molar-refractivity contribution in [3.8, 4) is 11.5 Å². The molecular formula is C19H14F3N5O6. The van der Waals surface area contributed by atoms with Gasteiger partial charge in [-0.15, -0.1) is 0 Å². The number of benzene rings is 2. The summed E-state index contributed by atoms with van der Waals surface area (Å²) in [4.78, 5) is 32.9. The summed E-state index contributed by atoms with van der Waals surface area (Å²) in [5.74, 6) is -1.57. The van der Waals surface area contributed by atoms with Gasteiger partial charge in [-0.1, -0.05) is 6.07 Å². The van der Waals surface area contributed by atoms with E-state index < -0.39 is 45.5 Å². The Bertz CT molecular complexity index is 1240. The topological polar surface area (TPSA) is 142 Å². The van der Waals surface area contributed by atoms with Gasteiger partial charge in [0, 0.05) is 12.1 Å². The monoisotopic (exact) mass is 465 g/mol. The van der Waals surface area contributed by atoms with E-state index in [0.717, 1.165) is 35.0 Å². The van der Waals surface area contributed by atoms with E-state index in [9.17, 15) is 38.2 Å². The normalized spacial score (nSPS) is 11.2. The van der Waals surface area contributed by atoms with Crippen LogP contribution >= 0.6 is 0 Å². The number of nitro groups is 2. The van der Waals surface area contributed by atoms with Crippen LogP contribution in [0.4, 0.5) is 30.4 Å². The Balaban J connectivity index is 1.82. The molecule has 1 aromatic heterocycles. The molecular weight excluding hydrogens is 451 g/mol. The second kappa shape index (κ2) is 8.94. The largest absolute Gasteiger partial charge is 0.457 e. The molecule has 172 valence electrons. The minimum Gasteiger partial charge on any atom is -0.457 e. The lowest BCUT2D eigenvalue weighted by molar-refractivity contribution is -0.389. The third-order valence-electron chi connectivity index (χ3n) is 4.23. The second-order valence-corrected chi connectivity index (χ2v) is 6.71. The van der Waals surface area contributed by atoms with Crippen molar-refractivity contribution < 1.29 is 32.5 Å². The summed E-state index contributed by atoms with van der Waals surface area (Å²) in [6.45, 7) is 1.08. The number of halogens is 3. The predicted octanol–water partition coefficient (Wildman–Crippen LogP) is 4.46. The van der Waals surface area contributed by atoms with Crippen LogP contribution in [0.15, 0.2) is 48.5 Å². The number of aromatic nitrogens is 2. The predicted molar refractivity (Wildman–Crippen MR) is 107 cm³/mol. The van der Waals surface area contributed by atoms with E-state index in [1.54, 1.807) is 0 Å². The number of amides is 1. The SMILES string of the molecule is Cc1cc([N+](=O)[O-])nn1CC(=O)Nc1cc(Oc2cccc(C(F)(F)F)c2)cc([N+](=O)[O-])c1. The number of hydrogen-bond donors (Lipinski definition) is 1. The number of nitro benzene ring substituents is 1. The fourth-order valence-electron chi connectivity index (χ4n) is 2.77. The number of aryl methyl sites for hydroxylation is 1. The number of carbonyl (C=O) groups is 1. The van der Waals surface area contributed by atoms with E-state index in [0.29, 0.717) is 5.69 Å². The van der Waals surface area contributed by atoms with Crippen LogP contribution in [-0.2, 0) is 17.5 Å². The molecule has 33 heavy (non-hydrogen) atoms. The van der Waals surface area contributed by atoms with Gasteiger partial charge in [0.15, 0.2) is 0 Å². The van der Waals surface area contributed by atoms with Gasteiger partial charge in [0.25, 0.3) is 5.69 Å². The highest BCUT2D eigenvalue weighted by Crippen LogP contribution is 2.34. The second-order valence-electron chi connectivity index (χ2n) is 6.71. The number of nitrogens with one attached hydrogen (secondary N) is 1. The van der Waals surface area contributed by atoms with Crippen molar-refractivity contribution in [3.05, 3.63) is 80.0 Å². The molecule has 11 nitrogen and oxygen atoms in total. The standard InChI is InChI=1S/C19H14F3N5O6/c1-11-5-17(27(31)32)24-25(11)10-18(28)23-13-7-14(26(29)30)9-16(8-13)33-15-4-2-3-12(6-15)19(20,21)22/h2-9H,10H2,1H3,(H,23,28). The fraction of sp³-hybridized carbons (Fsp3) is 0.158. The van der Waals surface area contributed by atoms with Crippen LogP contribution in [0.2, 0.25) is 0 Å². The van der Waals surface area contributed by atoms with Crippen LogP contribution in [0.5, 0.6) is 11.5 Å². The van der Waals surface area contributed by atoms with Crippen molar-refractivity contribution >= 4 is 23.1 Å². The fourth-order valence-corrected chi connectivity index (χ4v) is 2.77. The van der Waals surface area contributed by atoms with E-state index in [-0.39, 0.29) is 17.2 Å². The van der Waals surface area contributed by atoms with Crippen LogP contribution in [0.1, 0.15) is 11.3 Å². The molecule has 3 rings (SSSR count). The molecule has 0 aliphatic rings. The average Bonchev–Trinajstić information content (AvgIpc) is 3.08. The molecule has 2 aromatic carbocycles. The van der Waals surface area contributed by atoms with E-state index in [4.69, 9.17) is 4.74 Å². The van der Waals surface area contributed by atoms with E-state index in [1.165, 1.54) is 25.1 Å². The third-order valence-corrected chi connectivity index (χ3v) is 4.23. The molecule has 0 saturated heterocycles. The number of ether oxygens (including phenoxy) is 1. The minimum atomic E-state index is -4.61. The van der Waals surface area contributed by atoms with Gasteiger partial charge in [-0.05, 0) is 30.0 Å². The Labute approximate surface area is 182 Å². The molecule has 1 amide bonds. The van der Waals surface area contributed by atoms with Crippen LogP contribution < -0.4 is 10.1 Å². The maximum atomic E-state index is 12.9. The quantitative estimate of drug-likeness (QED) is 0.401. The summed E-state index contributed by atoms with van der Waals surface area (Å²) in [7, 11) is 0. The maximum absolute atomic E-state index is 12.9. The highest BCUT2D eigenvalue weighted by atomic mass is 19.4. The number of anilines is 1. The van der Waals surface area contributed by atoms with Crippen molar-refractivity contribution in [3.63, 3.8) is 0 Å². The van der Waals surface area contributed by atoms with Crippen molar-refractivity contribution in [2.24, 2.45) is 0 Å². The summed E-state index contributed by atoms with van der Waals surface area (Å²) in [6.07, 6.45) is -4.61. The first-order valence-electron chi connectivity index (χ1n) is 9.05. The summed E-state index contributed by atoms with van der Waals surface area (Å²) >= 11 is 0. The number of hydrogen-bond acceptors (Lipinski definition) is 7. The molecule has 0 atom stereocenters. The van der Waals surface area contributed by atoms with Gasteiger partial charge in [-0.3, -0.25) is 14.9 Å². The Morgan fingerprint density at radius 2 is 1.82 bits per heavy atom. The molecule has 0 aliphatic heterocycles. The Morgan fingerprint density at radius 3 is 2.42 bits per heavy atom. The first kappa shape index (κ1) is 23.2. The van der Waals surface area contributed by atoms with Gasteiger partial charge < -0.3 is 20.2 Å². The number of alkyl halides is 3. The minimum absolute atomic E-state index is 0.0736. The zero-order valence-corrected chi connectivity index (χ0v) is 16.7. The third kappa shape index (κ3) is 5.81. The molecule has 3 aromatic rings. The molecule has 14 heteroatoms. The molecule has 1 N–H and O–H groups in total. The highest BCUT2D eigenvalue weighted by molar-refractivity contribution is 5.91. The molecule has 0 spiro atoms. The first-order chi connectivity index (χ1) is 15.4. The number of carbonyl (C=O) groups excluding carboxylic acids is 1.